The summed E-state index contributed by atoms with van der Waals surface area (Å²) in [5, 5.41) is 0. The second-order valence-electron chi connectivity index (χ2n) is 3.47. The zero-order valence-corrected chi connectivity index (χ0v) is 11.1. The third-order valence-corrected chi connectivity index (χ3v) is 2.41. The Kier molecular flexibility index (Phi) is 5.54. The molecule has 0 fully saturated rings. The lowest BCUT2D eigenvalue weighted by molar-refractivity contribution is -0.0393. The first-order chi connectivity index (χ1) is 8.69. The summed E-state index contributed by atoms with van der Waals surface area (Å²) in [7, 11) is 6.17. The molecule has 6 nitrogen and oxygen atoms in total. The first-order valence-electron chi connectivity index (χ1n) is 5.33. The van der Waals surface area contributed by atoms with Crippen LogP contribution in [0.3, 0.4) is 0 Å². The maximum Gasteiger partial charge on any atom is 0.203 e. The molecule has 6 heteroatoms. The molecule has 1 aromatic carbocycles. The lowest BCUT2D eigenvalue weighted by atomic mass is 10.1. The Morgan fingerprint density at radius 2 is 1.67 bits per heavy atom. The fraction of sp³-hybridized carbons (Fsp3) is 0.500. The van der Waals surface area contributed by atoms with Crippen molar-refractivity contribution in [1.82, 2.24) is 0 Å². The largest absolute Gasteiger partial charge is 0.493 e. The van der Waals surface area contributed by atoms with Gasteiger partial charge in [0.25, 0.3) is 0 Å². The molecule has 0 amide bonds. The average Bonchev–Trinajstić information content (AvgIpc) is 2.39. The van der Waals surface area contributed by atoms with E-state index in [9.17, 15) is 0 Å². The Morgan fingerprint density at radius 3 is 2.17 bits per heavy atom. The summed E-state index contributed by atoms with van der Waals surface area (Å²) in [5.74, 6) is 1.51. The maximum atomic E-state index is 5.94. The third kappa shape index (κ3) is 2.96. The van der Waals surface area contributed by atoms with Crippen molar-refractivity contribution in [1.29, 1.82) is 0 Å². The number of anilines is 1. The second-order valence-corrected chi connectivity index (χ2v) is 3.47. The predicted octanol–water partition coefficient (Wildman–Crippen LogP) is 1.42. The van der Waals surface area contributed by atoms with Crippen molar-refractivity contribution < 1.29 is 23.7 Å². The summed E-state index contributed by atoms with van der Waals surface area (Å²) < 4.78 is 25.9. The van der Waals surface area contributed by atoms with Crippen molar-refractivity contribution >= 4 is 5.69 Å². The van der Waals surface area contributed by atoms with E-state index in [1.165, 1.54) is 21.3 Å². The minimum absolute atomic E-state index is 0.178. The number of nitrogen functional groups attached to an aromatic ring is 1. The Bertz CT molecular complexity index is 395. The van der Waals surface area contributed by atoms with Crippen LogP contribution in [0.25, 0.3) is 0 Å². The molecule has 0 saturated carbocycles. The van der Waals surface area contributed by atoms with Crippen LogP contribution in [0.4, 0.5) is 5.69 Å². The smallest absolute Gasteiger partial charge is 0.203 e. The SMILES string of the molecule is COCOCc1c(N)cc(OC)c(OC)c1OC. The molecule has 1 rings (SSSR count). The van der Waals surface area contributed by atoms with Crippen molar-refractivity contribution in [2.75, 3.05) is 41.0 Å². The van der Waals surface area contributed by atoms with Gasteiger partial charge in [-0.1, -0.05) is 0 Å². The summed E-state index contributed by atoms with van der Waals surface area (Å²) in [6, 6.07) is 1.67. The van der Waals surface area contributed by atoms with E-state index in [4.69, 9.17) is 29.4 Å². The highest BCUT2D eigenvalue weighted by atomic mass is 16.7. The molecule has 0 bridgehead atoms. The van der Waals surface area contributed by atoms with Crippen molar-refractivity contribution in [3.63, 3.8) is 0 Å². The number of hydrogen-bond acceptors (Lipinski definition) is 6. The Balaban J connectivity index is 3.14. The molecule has 0 atom stereocenters. The molecule has 0 aromatic heterocycles. The van der Waals surface area contributed by atoms with Crippen LogP contribution in [0.15, 0.2) is 6.07 Å². The van der Waals surface area contributed by atoms with E-state index >= 15 is 0 Å². The van der Waals surface area contributed by atoms with Gasteiger partial charge in [-0.2, -0.15) is 0 Å². The lowest BCUT2D eigenvalue weighted by Crippen LogP contribution is -2.06. The van der Waals surface area contributed by atoms with E-state index in [1.807, 2.05) is 0 Å². The molecular formula is C12H19NO5. The topological polar surface area (TPSA) is 72.2 Å². The Labute approximate surface area is 107 Å². The minimum atomic E-state index is 0.178. The fourth-order valence-electron chi connectivity index (χ4n) is 1.61. The molecule has 0 radical (unpaired) electrons. The highest BCUT2D eigenvalue weighted by Gasteiger charge is 2.19. The Morgan fingerprint density at radius 1 is 1.00 bits per heavy atom. The van der Waals surface area contributed by atoms with Crippen LogP contribution >= 0.6 is 0 Å². The van der Waals surface area contributed by atoms with Gasteiger partial charge in [0.1, 0.15) is 6.79 Å². The van der Waals surface area contributed by atoms with Gasteiger partial charge in [-0.3, -0.25) is 0 Å². The van der Waals surface area contributed by atoms with Gasteiger partial charge >= 0.3 is 0 Å². The molecule has 102 valence electrons. The number of rotatable bonds is 7. The summed E-state index contributed by atoms with van der Waals surface area (Å²) in [6.45, 7) is 0.445. The van der Waals surface area contributed by atoms with Gasteiger partial charge in [0, 0.05) is 24.4 Å². The van der Waals surface area contributed by atoms with E-state index < -0.39 is 0 Å². The highest BCUT2D eigenvalue weighted by molar-refractivity contribution is 5.66. The number of benzene rings is 1. The minimum Gasteiger partial charge on any atom is -0.493 e. The summed E-state index contributed by atoms with van der Waals surface area (Å²) in [5.41, 5.74) is 7.16. The van der Waals surface area contributed by atoms with Crippen LogP contribution in [0.5, 0.6) is 17.2 Å². The van der Waals surface area contributed by atoms with Crippen LogP contribution in [-0.2, 0) is 16.1 Å². The Hall–Kier alpha value is -1.66. The van der Waals surface area contributed by atoms with Gasteiger partial charge in [0.05, 0.1) is 27.9 Å². The zero-order valence-electron chi connectivity index (χ0n) is 11.1. The monoisotopic (exact) mass is 257 g/mol. The molecule has 0 spiro atoms. The third-order valence-electron chi connectivity index (χ3n) is 2.41. The fourth-order valence-corrected chi connectivity index (χ4v) is 1.61. The van der Waals surface area contributed by atoms with Gasteiger partial charge in [-0.05, 0) is 0 Å². The quantitative estimate of drug-likeness (QED) is 0.452. The average molecular weight is 257 g/mol. The number of nitrogens with two attached hydrogens (primary N) is 1. The van der Waals surface area contributed by atoms with E-state index in [0.29, 0.717) is 28.5 Å². The van der Waals surface area contributed by atoms with Gasteiger partial charge in [-0.25, -0.2) is 0 Å². The lowest BCUT2D eigenvalue weighted by Gasteiger charge is -2.17. The molecule has 0 aliphatic carbocycles. The number of methoxy groups -OCH3 is 4. The highest BCUT2D eigenvalue weighted by Crippen LogP contribution is 2.43. The van der Waals surface area contributed by atoms with Gasteiger partial charge in [-0.15, -0.1) is 0 Å². The van der Waals surface area contributed by atoms with Gasteiger partial charge in [0.15, 0.2) is 11.5 Å². The van der Waals surface area contributed by atoms with Crippen LogP contribution < -0.4 is 19.9 Å². The van der Waals surface area contributed by atoms with Crippen LogP contribution in [0.1, 0.15) is 5.56 Å². The molecule has 0 aliphatic rings. The normalized spacial score (nSPS) is 10.2. The summed E-state index contributed by atoms with van der Waals surface area (Å²) in [4.78, 5) is 0. The molecule has 18 heavy (non-hydrogen) atoms. The van der Waals surface area contributed by atoms with Crippen LogP contribution in [0, 0.1) is 0 Å². The second kappa shape index (κ2) is 6.93. The van der Waals surface area contributed by atoms with Gasteiger partial charge in [0.2, 0.25) is 5.75 Å². The number of ether oxygens (including phenoxy) is 5. The molecule has 2 N–H and O–H groups in total. The molecule has 0 heterocycles. The zero-order chi connectivity index (χ0) is 13.5. The van der Waals surface area contributed by atoms with Crippen molar-refractivity contribution in [3.05, 3.63) is 11.6 Å². The van der Waals surface area contributed by atoms with E-state index in [2.05, 4.69) is 0 Å². The van der Waals surface area contributed by atoms with Gasteiger partial charge < -0.3 is 29.4 Å². The first kappa shape index (κ1) is 14.4. The van der Waals surface area contributed by atoms with E-state index in [1.54, 1.807) is 13.2 Å². The molecule has 0 aliphatic heterocycles. The maximum absolute atomic E-state index is 5.94. The van der Waals surface area contributed by atoms with Crippen molar-refractivity contribution in [2.45, 2.75) is 6.61 Å². The molecule has 0 unspecified atom stereocenters. The van der Waals surface area contributed by atoms with Crippen LogP contribution in [-0.4, -0.2) is 35.2 Å². The first-order valence-corrected chi connectivity index (χ1v) is 5.33. The van der Waals surface area contributed by atoms with E-state index in [0.717, 1.165) is 0 Å². The molecular weight excluding hydrogens is 238 g/mol. The van der Waals surface area contributed by atoms with E-state index in [-0.39, 0.29) is 13.4 Å². The van der Waals surface area contributed by atoms with Crippen LogP contribution in [0.2, 0.25) is 0 Å². The molecule has 1 aromatic rings. The molecule has 0 saturated heterocycles. The summed E-state index contributed by atoms with van der Waals surface area (Å²) >= 11 is 0. The summed E-state index contributed by atoms with van der Waals surface area (Å²) in [6.07, 6.45) is 0. The standard InChI is InChI=1S/C12H19NO5/c1-14-7-18-6-8-9(13)5-10(15-2)12(17-4)11(8)16-3/h5H,6-7,13H2,1-4H3. The number of hydrogen-bond donors (Lipinski definition) is 1. The van der Waals surface area contributed by atoms with Crippen molar-refractivity contribution in [3.8, 4) is 17.2 Å². The van der Waals surface area contributed by atoms with Crippen molar-refractivity contribution in [2.24, 2.45) is 0 Å². The predicted molar refractivity (Wildman–Crippen MR) is 67.2 cm³/mol.